The van der Waals surface area contributed by atoms with Gasteiger partial charge >= 0.3 is 0 Å². The monoisotopic (exact) mass is 329 g/mol. The topological polar surface area (TPSA) is 77.1 Å². The maximum atomic E-state index is 14.4. The molecule has 2 atom stereocenters. The van der Waals surface area contributed by atoms with Crippen LogP contribution in [-0.2, 0) is 0 Å². The Balaban J connectivity index is 1.81. The van der Waals surface area contributed by atoms with Crippen LogP contribution in [0.15, 0.2) is 47.4 Å². The van der Waals surface area contributed by atoms with Crippen molar-refractivity contribution in [2.75, 3.05) is 0 Å². The first-order valence-corrected chi connectivity index (χ1v) is 8.10. The summed E-state index contributed by atoms with van der Waals surface area (Å²) in [5, 5.41) is 2.82. The Morgan fingerprint density at radius 1 is 1.21 bits per heavy atom. The first kappa shape index (κ1) is 16.4. The van der Waals surface area contributed by atoms with Gasteiger partial charge in [-0.15, -0.1) is 0 Å². The van der Waals surface area contributed by atoms with Gasteiger partial charge in [-0.2, -0.15) is 0 Å². The normalized spacial score (nSPS) is 20.6. The minimum Gasteiger partial charge on any atom is -0.348 e. The van der Waals surface area contributed by atoms with Gasteiger partial charge in [0, 0.05) is 24.3 Å². The predicted octanol–water partition coefficient (Wildman–Crippen LogP) is 1.98. The van der Waals surface area contributed by atoms with Crippen molar-refractivity contribution in [1.82, 2.24) is 9.88 Å². The van der Waals surface area contributed by atoms with Crippen molar-refractivity contribution in [3.8, 4) is 5.69 Å². The van der Waals surface area contributed by atoms with Crippen molar-refractivity contribution in [1.29, 1.82) is 0 Å². The quantitative estimate of drug-likeness (QED) is 0.904. The Labute approximate surface area is 139 Å². The molecule has 0 bridgehead atoms. The number of hydrogen-bond donors (Lipinski definition) is 2. The number of nitrogens with zero attached hydrogens (tertiary/aromatic N) is 1. The summed E-state index contributed by atoms with van der Waals surface area (Å²) in [6, 6.07) is 8.62. The highest BCUT2D eigenvalue weighted by Gasteiger charge is 2.24. The standard InChI is InChI=1S/C18H20FN3O2/c19-14-11-12(22-10-4-3-7-17(22)23)8-9-13(14)18(24)21-16-6-2-1-5-15(16)20/h3-4,7-11,15-16H,1-2,5-6,20H2,(H,21,24). The zero-order valence-corrected chi connectivity index (χ0v) is 13.2. The number of amides is 1. The molecule has 0 spiro atoms. The summed E-state index contributed by atoms with van der Waals surface area (Å²) in [6.07, 6.45) is 5.30. The second kappa shape index (κ2) is 6.97. The first-order chi connectivity index (χ1) is 11.6. The predicted molar refractivity (Wildman–Crippen MR) is 89.7 cm³/mol. The van der Waals surface area contributed by atoms with Gasteiger partial charge in [0.05, 0.1) is 11.3 Å². The summed E-state index contributed by atoms with van der Waals surface area (Å²) in [5.74, 6) is -1.13. The molecule has 126 valence electrons. The number of nitrogens with one attached hydrogen (secondary N) is 1. The lowest BCUT2D eigenvalue weighted by molar-refractivity contribution is 0.0917. The molecule has 6 heteroatoms. The van der Waals surface area contributed by atoms with E-state index in [0.29, 0.717) is 5.69 Å². The molecule has 1 heterocycles. The van der Waals surface area contributed by atoms with E-state index in [-0.39, 0.29) is 23.2 Å². The van der Waals surface area contributed by atoms with Crippen LogP contribution in [0.4, 0.5) is 4.39 Å². The number of carbonyl (C=O) groups excluding carboxylic acids is 1. The van der Waals surface area contributed by atoms with Gasteiger partial charge in [-0.25, -0.2) is 4.39 Å². The summed E-state index contributed by atoms with van der Waals surface area (Å²) in [5.41, 5.74) is 6.09. The third-order valence-corrected chi connectivity index (χ3v) is 4.43. The minimum absolute atomic E-state index is 0.0412. The fourth-order valence-electron chi connectivity index (χ4n) is 3.06. The van der Waals surface area contributed by atoms with Crippen LogP contribution in [0.3, 0.4) is 0 Å². The van der Waals surface area contributed by atoms with Crippen LogP contribution in [-0.4, -0.2) is 22.6 Å². The average Bonchev–Trinajstić information content (AvgIpc) is 2.57. The molecule has 1 aliphatic carbocycles. The van der Waals surface area contributed by atoms with Crippen LogP contribution in [0.2, 0.25) is 0 Å². The van der Waals surface area contributed by atoms with Crippen molar-refractivity contribution in [2.45, 2.75) is 37.8 Å². The highest BCUT2D eigenvalue weighted by molar-refractivity contribution is 5.94. The van der Waals surface area contributed by atoms with E-state index in [2.05, 4.69) is 5.32 Å². The largest absolute Gasteiger partial charge is 0.348 e. The summed E-state index contributed by atoms with van der Waals surface area (Å²) in [7, 11) is 0. The lowest BCUT2D eigenvalue weighted by Crippen LogP contribution is -2.49. The molecule has 3 N–H and O–H groups in total. The lowest BCUT2D eigenvalue weighted by atomic mass is 9.91. The zero-order chi connectivity index (χ0) is 17.1. The molecule has 2 aromatic rings. The molecule has 2 unspecified atom stereocenters. The summed E-state index contributed by atoms with van der Waals surface area (Å²) in [4.78, 5) is 24.1. The number of rotatable bonds is 3. The van der Waals surface area contributed by atoms with Crippen molar-refractivity contribution in [3.05, 3.63) is 64.3 Å². The fourth-order valence-corrected chi connectivity index (χ4v) is 3.06. The average molecular weight is 329 g/mol. The van der Waals surface area contributed by atoms with Gasteiger partial charge in [0.1, 0.15) is 5.82 Å². The maximum absolute atomic E-state index is 14.4. The Morgan fingerprint density at radius 2 is 2.00 bits per heavy atom. The van der Waals surface area contributed by atoms with Gasteiger partial charge in [-0.3, -0.25) is 14.2 Å². The van der Waals surface area contributed by atoms with E-state index >= 15 is 0 Å². The first-order valence-electron chi connectivity index (χ1n) is 8.10. The van der Waals surface area contributed by atoms with Crippen LogP contribution in [0.1, 0.15) is 36.0 Å². The van der Waals surface area contributed by atoms with E-state index in [0.717, 1.165) is 25.7 Å². The molecule has 24 heavy (non-hydrogen) atoms. The van der Waals surface area contributed by atoms with Crippen molar-refractivity contribution in [2.24, 2.45) is 5.73 Å². The van der Waals surface area contributed by atoms with E-state index in [1.807, 2.05) is 0 Å². The molecular weight excluding hydrogens is 309 g/mol. The molecule has 5 nitrogen and oxygen atoms in total. The van der Waals surface area contributed by atoms with Gasteiger partial charge in [0.15, 0.2) is 0 Å². The minimum atomic E-state index is -0.662. The number of aromatic nitrogens is 1. The van der Waals surface area contributed by atoms with E-state index in [9.17, 15) is 14.0 Å². The maximum Gasteiger partial charge on any atom is 0.255 e. The van der Waals surface area contributed by atoms with Crippen LogP contribution < -0.4 is 16.6 Å². The summed E-state index contributed by atoms with van der Waals surface area (Å²) in [6.45, 7) is 0. The number of pyridine rings is 1. The number of carbonyl (C=O) groups is 1. The van der Waals surface area contributed by atoms with Crippen LogP contribution >= 0.6 is 0 Å². The molecule has 1 fully saturated rings. The lowest BCUT2D eigenvalue weighted by Gasteiger charge is -2.29. The van der Waals surface area contributed by atoms with E-state index < -0.39 is 11.7 Å². The molecule has 0 aliphatic heterocycles. The van der Waals surface area contributed by atoms with Crippen LogP contribution in [0.5, 0.6) is 0 Å². The number of nitrogens with two attached hydrogens (primary N) is 1. The van der Waals surface area contributed by atoms with Gasteiger partial charge in [-0.1, -0.05) is 18.9 Å². The molecule has 1 saturated carbocycles. The number of benzene rings is 1. The third-order valence-electron chi connectivity index (χ3n) is 4.43. The molecule has 1 aliphatic rings. The molecular formula is C18H20FN3O2. The summed E-state index contributed by atoms with van der Waals surface area (Å²) < 4.78 is 15.7. The van der Waals surface area contributed by atoms with Gasteiger partial charge in [0.2, 0.25) is 0 Å². The Morgan fingerprint density at radius 3 is 2.71 bits per heavy atom. The van der Waals surface area contributed by atoms with E-state index in [4.69, 9.17) is 5.73 Å². The fraction of sp³-hybridized carbons (Fsp3) is 0.333. The van der Waals surface area contributed by atoms with Gasteiger partial charge < -0.3 is 11.1 Å². The van der Waals surface area contributed by atoms with Crippen LogP contribution in [0.25, 0.3) is 5.69 Å². The van der Waals surface area contributed by atoms with Crippen molar-refractivity contribution >= 4 is 5.91 Å². The summed E-state index contributed by atoms with van der Waals surface area (Å²) >= 11 is 0. The molecule has 1 amide bonds. The molecule has 0 radical (unpaired) electrons. The molecule has 3 rings (SSSR count). The van der Waals surface area contributed by atoms with Crippen LogP contribution in [0, 0.1) is 5.82 Å². The highest BCUT2D eigenvalue weighted by Crippen LogP contribution is 2.18. The number of hydrogen-bond acceptors (Lipinski definition) is 3. The van der Waals surface area contributed by atoms with Gasteiger partial charge in [-0.05, 0) is 37.1 Å². The van der Waals surface area contributed by atoms with Crippen molar-refractivity contribution < 1.29 is 9.18 Å². The second-order valence-corrected chi connectivity index (χ2v) is 6.10. The SMILES string of the molecule is NC1CCCCC1NC(=O)c1ccc(-n2ccccc2=O)cc1F. The van der Waals surface area contributed by atoms with E-state index in [1.54, 1.807) is 24.4 Å². The zero-order valence-electron chi connectivity index (χ0n) is 13.2. The third kappa shape index (κ3) is 3.38. The van der Waals surface area contributed by atoms with Gasteiger partial charge in [0.25, 0.3) is 11.5 Å². The molecule has 0 saturated heterocycles. The van der Waals surface area contributed by atoms with E-state index in [1.165, 1.54) is 22.8 Å². The number of halogens is 1. The molecule has 1 aromatic heterocycles. The Bertz CT molecular complexity index is 803. The Kier molecular flexibility index (Phi) is 4.76. The second-order valence-electron chi connectivity index (χ2n) is 6.10. The highest BCUT2D eigenvalue weighted by atomic mass is 19.1. The van der Waals surface area contributed by atoms with Crippen molar-refractivity contribution in [3.63, 3.8) is 0 Å². The smallest absolute Gasteiger partial charge is 0.255 e. The Hall–Kier alpha value is -2.47. The molecule has 1 aromatic carbocycles.